The highest BCUT2D eigenvalue weighted by Gasteiger charge is 2.49. The fourth-order valence-corrected chi connectivity index (χ4v) is 5.36. The van der Waals surface area contributed by atoms with Gasteiger partial charge in [-0.1, -0.05) is 0 Å². The number of aromatic amines is 1. The third-order valence-electron chi connectivity index (χ3n) is 7.01. The molecule has 5 rings (SSSR count). The molecule has 2 aliphatic rings. The van der Waals surface area contributed by atoms with Gasteiger partial charge in [0.05, 0.1) is 17.6 Å². The smallest absolute Gasteiger partial charge is 0.416 e. The predicted molar refractivity (Wildman–Crippen MR) is 124 cm³/mol. The number of aryl methyl sites for hydroxylation is 2. The quantitative estimate of drug-likeness (QED) is 0.528. The van der Waals surface area contributed by atoms with Crippen LogP contribution in [-0.2, 0) is 6.18 Å². The van der Waals surface area contributed by atoms with E-state index in [1.165, 1.54) is 0 Å². The Morgan fingerprint density at radius 3 is 2.60 bits per heavy atom. The molecule has 2 aromatic heterocycles. The van der Waals surface area contributed by atoms with Crippen LogP contribution in [0.15, 0.2) is 24.4 Å². The molecule has 188 valence electrons. The third-order valence-corrected chi connectivity index (χ3v) is 7.01. The number of benzene rings is 1. The van der Waals surface area contributed by atoms with Crippen LogP contribution in [0.4, 0.5) is 19.1 Å². The van der Waals surface area contributed by atoms with Gasteiger partial charge in [0.15, 0.2) is 0 Å². The first-order valence-corrected chi connectivity index (χ1v) is 11.9. The Morgan fingerprint density at radius 2 is 1.94 bits per heavy atom. The van der Waals surface area contributed by atoms with Gasteiger partial charge in [-0.2, -0.15) is 18.2 Å². The summed E-state index contributed by atoms with van der Waals surface area (Å²) in [6.45, 7) is 8.07. The second-order valence-electron chi connectivity index (χ2n) is 9.99. The van der Waals surface area contributed by atoms with Crippen molar-refractivity contribution in [3.8, 4) is 11.8 Å². The lowest BCUT2D eigenvalue weighted by atomic mass is 9.86. The fraction of sp³-hybridized carbons (Fsp3) is 0.542. The average molecular weight is 490 g/mol. The summed E-state index contributed by atoms with van der Waals surface area (Å²) < 4.78 is 47.5. The van der Waals surface area contributed by atoms with E-state index in [1.54, 1.807) is 23.9 Å². The largest absolute Gasteiger partial charge is 0.424 e. The molecule has 4 unspecified atom stereocenters. The number of aromatic nitrogens is 5. The van der Waals surface area contributed by atoms with Gasteiger partial charge in [0.25, 0.3) is 0 Å². The van der Waals surface area contributed by atoms with Crippen LogP contribution in [-0.4, -0.2) is 37.3 Å². The number of halogens is 3. The molecule has 11 heteroatoms. The number of rotatable bonds is 5. The standard InChI is InChI=1S/C24H30F3N7O/c1-12(2)34-23(35-17-8-13(3)7-16(9-17)24(25,26)27)31-22(32-34)33-11-15-5-6-18(19(15)28)20(33)21-29-10-14(4)30-21/h7-10,12,15,18-20H,5-6,11,28H2,1-4H3,(H,29,30). The molecule has 3 aromatic rings. The normalized spacial score (nSPS) is 24.4. The molecule has 3 heterocycles. The first-order chi connectivity index (χ1) is 16.5. The van der Waals surface area contributed by atoms with E-state index in [1.807, 2.05) is 20.8 Å². The second kappa shape index (κ2) is 8.54. The molecule has 1 aliphatic carbocycles. The van der Waals surface area contributed by atoms with Crippen molar-refractivity contribution in [2.24, 2.45) is 17.6 Å². The minimum Gasteiger partial charge on any atom is -0.424 e. The number of nitrogens with one attached hydrogen (secondary N) is 1. The van der Waals surface area contributed by atoms with Gasteiger partial charge < -0.3 is 20.4 Å². The molecule has 0 amide bonds. The summed E-state index contributed by atoms with van der Waals surface area (Å²) in [5, 5.41) is 4.73. The maximum absolute atomic E-state index is 13.3. The van der Waals surface area contributed by atoms with Crippen molar-refractivity contribution in [2.45, 2.75) is 64.8 Å². The minimum absolute atomic E-state index is 0.0668. The first-order valence-electron chi connectivity index (χ1n) is 11.9. The molecular formula is C24H30F3N7O. The molecule has 1 saturated heterocycles. The molecule has 8 nitrogen and oxygen atoms in total. The van der Waals surface area contributed by atoms with Crippen molar-refractivity contribution in [1.29, 1.82) is 0 Å². The van der Waals surface area contributed by atoms with Crippen molar-refractivity contribution in [1.82, 2.24) is 24.7 Å². The summed E-state index contributed by atoms with van der Waals surface area (Å²) in [6, 6.07) is 3.61. The van der Waals surface area contributed by atoms with Gasteiger partial charge in [-0.05, 0) is 70.2 Å². The van der Waals surface area contributed by atoms with Crippen LogP contribution >= 0.6 is 0 Å². The summed E-state index contributed by atoms with van der Waals surface area (Å²) in [5.41, 5.74) is 7.21. The van der Waals surface area contributed by atoms with Gasteiger partial charge in [-0.15, -0.1) is 5.10 Å². The number of hydrogen-bond donors (Lipinski definition) is 2. The van der Waals surface area contributed by atoms with E-state index >= 15 is 0 Å². The molecule has 3 N–H and O–H groups in total. The van der Waals surface area contributed by atoms with Gasteiger partial charge in [0.1, 0.15) is 11.6 Å². The Bertz CT molecular complexity index is 1220. The summed E-state index contributed by atoms with van der Waals surface area (Å²) in [5.74, 6) is 1.85. The maximum Gasteiger partial charge on any atom is 0.416 e. The van der Waals surface area contributed by atoms with Gasteiger partial charge >= 0.3 is 12.2 Å². The number of H-pyrrole nitrogens is 1. The Hall–Kier alpha value is -3.08. The van der Waals surface area contributed by atoms with Crippen LogP contribution in [0.3, 0.4) is 0 Å². The number of piperidine rings is 1. The van der Waals surface area contributed by atoms with E-state index in [4.69, 9.17) is 15.6 Å². The Balaban J connectivity index is 1.53. The summed E-state index contributed by atoms with van der Waals surface area (Å²) in [7, 11) is 0. The number of alkyl halides is 3. The second-order valence-corrected chi connectivity index (χ2v) is 9.99. The first kappa shape index (κ1) is 23.7. The number of anilines is 1. The molecule has 2 fully saturated rings. The molecular weight excluding hydrogens is 459 g/mol. The van der Waals surface area contributed by atoms with Gasteiger partial charge in [0.2, 0.25) is 5.95 Å². The minimum atomic E-state index is -4.47. The van der Waals surface area contributed by atoms with Crippen molar-refractivity contribution in [2.75, 3.05) is 11.4 Å². The predicted octanol–water partition coefficient (Wildman–Crippen LogP) is 4.92. The SMILES string of the molecule is Cc1cc(Oc2nc(N3CC4CCC(C4N)C3c3ncc(C)[nH]3)nn2C(C)C)cc(C(F)(F)F)c1. The van der Waals surface area contributed by atoms with Gasteiger partial charge in [-0.25, -0.2) is 9.67 Å². The Morgan fingerprint density at radius 1 is 1.17 bits per heavy atom. The number of hydrogen-bond acceptors (Lipinski definition) is 6. The van der Waals surface area contributed by atoms with Gasteiger partial charge in [0, 0.05) is 30.4 Å². The van der Waals surface area contributed by atoms with Crippen LogP contribution in [0.1, 0.15) is 61.4 Å². The van der Waals surface area contributed by atoms with E-state index in [0.717, 1.165) is 36.5 Å². The summed E-state index contributed by atoms with van der Waals surface area (Å²) >= 11 is 0. The molecule has 2 bridgehead atoms. The highest BCUT2D eigenvalue weighted by molar-refractivity contribution is 5.40. The number of imidazole rings is 1. The summed E-state index contributed by atoms with van der Waals surface area (Å²) in [6.07, 6.45) is -0.660. The third kappa shape index (κ3) is 4.37. The maximum atomic E-state index is 13.3. The van der Waals surface area contributed by atoms with Crippen LogP contribution in [0.25, 0.3) is 0 Å². The van der Waals surface area contributed by atoms with Crippen LogP contribution in [0, 0.1) is 25.7 Å². The topological polar surface area (TPSA) is 97.9 Å². The monoisotopic (exact) mass is 489 g/mol. The zero-order valence-electron chi connectivity index (χ0n) is 20.2. The molecule has 1 saturated carbocycles. The van der Waals surface area contributed by atoms with Crippen LogP contribution in [0.5, 0.6) is 11.8 Å². The zero-order chi connectivity index (χ0) is 25.1. The number of ether oxygens (including phenoxy) is 1. The van der Waals surface area contributed by atoms with E-state index in [9.17, 15) is 13.2 Å². The van der Waals surface area contributed by atoms with Crippen molar-refractivity contribution < 1.29 is 17.9 Å². The molecule has 4 atom stereocenters. The number of nitrogens with zero attached hydrogens (tertiary/aromatic N) is 5. The molecule has 0 spiro atoms. The van der Waals surface area contributed by atoms with E-state index < -0.39 is 11.7 Å². The van der Waals surface area contributed by atoms with E-state index in [-0.39, 0.29) is 35.8 Å². The Labute approximate surface area is 201 Å². The van der Waals surface area contributed by atoms with Gasteiger partial charge in [-0.3, -0.25) is 0 Å². The van der Waals surface area contributed by atoms with Crippen molar-refractivity contribution in [3.05, 3.63) is 47.0 Å². The highest BCUT2D eigenvalue weighted by Crippen LogP contribution is 2.47. The lowest BCUT2D eigenvalue weighted by Gasteiger charge is -2.42. The number of nitrogens with two attached hydrogens (primary N) is 1. The number of fused-ring (bicyclic) bond motifs is 2. The van der Waals surface area contributed by atoms with E-state index in [2.05, 4.69) is 19.9 Å². The molecule has 1 aromatic carbocycles. The Kier molecular flexibility index (Phi) is 5.77. The van der Waals surface area contributed by atoms with Crippen LogP contribution < -0.4 is 15.4 Å². The highest BCUT2D eigenvalue weighted by atomic mass is 19.4. The fourth-order valence-electron chi connectivity index (χ4n) is 5.36. The lowest BCUT2D eigenvalue weighted by Crippen LogP contribution is -2.51. The molecule has 35 heavy (non-hydrogen) atoms. The van der Waals surface area contributed by atoms with E-state index in [0.29, 0.717) is 24.0 Å². The molecule has 1 aliphatic heterocycles. The van der Waals surface area contributed by atoms with Crippen molar-refractivity contribution in [3.63, 3.8) is 0 Å². The van der Waals surface area contributed by atoms with Crippen LogP contribution in [0.2, 0.25) is 0 Å². The zero-order valence-corrected chi connectivity index (χ0v) is 20.2. The molecule has 0 radical (unpaired) electrons. The average Bonchev–Trinajstić information content (AvgIpc) is 3.43. The summed E-state index contributed by atoms with van der Waals surface area (Å²) in [4.78, 5) is 14.7. The van der Waals surface area contributed by atoms with Crippen molar-refractivity contribution >= 4 is 5.95 Å². The lowest BCUT2D eigenvalue weighted by molar-refractivity contribution is -0.137.